The first kappa shape index (κ1) is 27.4. The predicted octanol–water partition coefficient (Wildman–Crippen LogP) is 5.56. The molecule has 5 aliphatic heterocycles. The van der Waals surface area contributed by atoms with Crippen molar-refractivity contribution in [2.45, 2.75) is 56.3 Å². The Kier molecular flexibility index (Phi) is 6.70. The first-order valence-corrected chi connectivity index (χ1v) is 15.5. The van der Waals surface area contributed by atoms with Gasteiger partial charge in [-0.3, -0.25) is 9.88 Å². The number of carbonyl (C=O) groups excluding carboxylic acids is 1. The molecule has 0 N–H and O–H groups in total. The highest BCUT2D eigenvalue weighted by molar-refractivity contribution is 6.01. The SMILES string of the molecule is O=C1/C=C/Cc2cccc3cccc(c23)-c2ncc3c(nc(OC[C@@]45CCCN4C[C@H](F)C5)nc3c2F)N2CCC[C@H](C2)O1. The Bertz CT molecular complexity index is 1810. The van der Waals surface area contributed by atoms with Crippen LogP contribution in [-0.2, 0) is 16.0 Å². The van der Waals surface area contributed by atoms with E-state index in [2.05, 4.69) is 14.9 Å². The number of rotatable bonds is 3. The molecule has 10 heteroatoms. The lowest BCUT2D eigenvalue weighted by Crippen LogP contribution is -2.43. The highest BCUT2D eigenvalue weighted by Gasteiger charge is 2.49. The second-order valence-corrected chi connectivity index (χ2v) is 12.5. The molecule has 0 unspecified atom stereocenters. The molecule has 3 fully saturated rings. The number of carbonyl (C=O) groups is 1. The van der Waals surface area contributed by atoms with Gasteiger partial charge in [0.15, 0.2) is 5.82 Å². The zero-order valence-electron chi connectivity index (χ0n) is 24.3. The lowest BCUT2D eigenvalue weighted by atomic mass is 9.95. The molecule has 9 rings (SSSR count). The number of hydrogen-bond donors (Lipinski definition) is 0. The number of benzene rings is 2. The van der Waals surface area contributed by atoms with E-state index in [1.54, 1.807) is 12.3 Å². The number of halogens is 2. The summed E-state index contributed by atoms with van der Waals surface area (Å²) in [6, 6.07) is 11.7. The smallest absolute Gasteiger partial charge is 0.330 e. The fourth-order valence-electron chi connectivity index (χ4n) is 7.66. The van der Waals surface area contributed by atoms with Gasteiger partial charge in [0.2, 0.25) is 0 Å². The van der Waals surface area contributed by atoms with E-state index in [1.165, 1.54) is 6.08 Å². The molecule has 3 saturated heterocycles. The van der Waals surface area contributed by atoms with Crippen LogP contribution >= 0.6 is 0 Å². The van der Waals surface area contributed by atoms with Crippen LogP contribution in [0.4, 0.5) is 14.6 Å². The van der Waals surface area contributed by atoms with Crippen molar-refractivity contribution in [3.63, 3.8) is 0 Å². The molecule has 226 valence electrons. The van der Waals surface area contributed by atoms with Crippen molar-refractivity contribution >= 4 is 33.5 Å². The van der Waals surface area contributed by atoms with Crippen molar-refractivity contribution in [2.24, 2.45) is 0 Å². The first-order valence-electron chi connectivity index (χ1n) is 15.5. The number of nitrogens with zero attached hydrogens (tertiary/aromatic N) is 5. The minimum atomic E-state index is -0.890. The quantitative estimate of drug-likeness (QED) is 0.284. The van der Waals surface area contributed by atoms with Crippen molar-refractivity contribution in [3.05, 3.63) is 66.1 Å². The van der Waals surface area contributed by atoms with E-state index < -0.39 is 17.5 Å². The number of hydrogen-bond acceptors (Lipinski definition) is 8. The summed E-state index contributed by atoms with van der Waals surface area (Å²) in [4.78, 5) is 31.1. The van der Waals surface area contributed by atoms with Crippen LogP contribution in [-0.4, -0.2) is 76.4 Å². The zero-order valence-corrected chi connectivity index (χ0v) is 24.3. The summed E-state index contributed by atoms with van der Waals surface area (Å²) in [6.07, 6.45) is 7.86. The minimum Gasteiger partial charge on any atom is -0.461 e. The van der Waals surface area contributed by atoms with Gasteiger partial charge in [0, 0.05) is 37.3 Å². The minimum absolute atomic E-state index is 0.0499. The van der Waals surface area contributed by atoms with Crippen LogP contribution in [0.3, 0.4) is 0 Å². The van der Waals surface area contributed by atoms with Gasteiger partial charge >= 0.3 is 12.0 Å². The summed E-state index contributed by atoms with van der Waals surface area (Å²) in [5.41, 5.74) is 1.49. The maximum atomic E-state index is 16.8. The molecule has 2 aromatic carbocycles. The lowest BCUT2D eigenvalue weighted by Gasteiger charge is -2.34. The van der Waals surface area contributed by atoms with E-state index in [9.17, 15) is 9.18 Å². The molecule has 0 aliphatic carbocycles. The topological polar surface area (TPSA) is 80.7 Å². The van der Waals surface area contributed by atoms with Gasteiger partial charge in [0.1, 0.15) is 35.9 Å². The summed E-state index contributed by atoms with van der Waals surface area (Å²) in [7, 11) is 0. The van der Waals surface area contributed by atoms with Gasteiger partial charge in [-0.05, 0) is 55.0 Å². The Morgan fingerprint density at radius 1 is 1.09 bits per heavy atom. The summed E-state index contributed by atoms with van der Waals surface area (Å²) < 4.78 is 43.3. The number of esters is 1. The maximum Gasteiger partial charge on any atom is 0.330 e. The molecule has 44 heavy (non-hydrogen) atoms. The molecule has 5 aliphatic rings. The van der Waals surface area contributed by atoms with Crippen molar-refractivity contribution in [3.8, 4) is 17.3 Å². The third-order valence-electron chi connectivity index (χ3n) is 9.67. The third kappa shape index (κ3) is 4.67. The number of allylic oxidation sites excluding steroid dienone is 1. The van der Waals surface area contributed by atoms with Gasteiger partial charge in [-0.25, -0.2) is 13.6 Å². The van der Waals surface area contributed by atoms with Crippen molar-refractivity contribution < 1.29 is 23.0 Å². The summed E-state index contributed by atoms with van der Waals surface area (Å²) in [5.74, 6) is -0.452. The Morgan fingerprint density at radius 2 is 1.98 bits per heavy atom. The number of pyridine rings is 1. The zero-order chi connectivity index (χ0) is 29.8. The molecule has 0 amide bonds. The van der Waals surface area contributed by atoms with Crippen LogP contribution in [0.15, 0.2) is 54.7 Å². The number of ether oxygens (including phenoxy) is 2. The van der Waals surface area contributed by atoms with Gasteiger partial charge in [0.25, 0.3) is 0 Å². The first-order chi connectivity index (χ1) is 21.5. The van der Waals surface area contributed by atoms with Crippen molar-refractivity contribution in [2.75, 3.05) is 37.7 Å². The summed E-state index contributed by atoms with van der Waals surface area (Å²) in [6.45, 7) is 2.53. The Balaban J connectivity index is 1.30. The van der Waals surface area contributed by atoms with Gasteiger partial charge in [-0.15, -0.1) is 0 Å². The number of alkyl halides is 1. The van der Waals surface area contributed by atoms with Gasteiger partial charge in [-0.2, -0.15) is 9.97 Å². The highest BCUT2D eigenvalue weighted by atomic mass is 19.1. The summed E-state index contributed by atoms with van der Waals surface area (Å²) in [5, 5.41) is 2.26. The Labute approximate surface area is 253 Å². The number of aromatic nitrogens is 3. The maximum absolute atomic E-state index is 16.8. The third-order valence-corrected chi connectivity index (χ3v) is 9.67. The van der Waals surface area contributed by atoms with Crippen LogP contribution in [0.1, 0.15) is 37.7 Å². The summed E-state index contributed by atoms with van der Waals surface area (Å²) >= 11 is 0. The van der Waals surface area contributed by atoms with Crippen molar-refractivity contribution in [1.82, 2.24) is 19.9 Å². The largest absolute Gasteiger partial charge is 0.461 e. The fourth-order valence-corrected chi connectivity index (χ4v) is 7.66. The molecule has 4 aromatic rings. The van der Waals surface area contributed by atoms with E-state index in [-0.39, 0.29) is 35.9 Å². The molecular formula is C34H33F2N5O3. The van der Waals surface area contributed by atoms with Crippen LogP contribution in [0.2, 0.25) is 0 Å². The molecule has 3 atom stereocenters. The standard InChI is InChI=1S/C34H33F2N5O3/c35-23-16-34(13-5-15-41(34)18-23)20-43-33-38-31-26-17-37-30(29(31)36)25-11-2-8-21-6-1-7-22(28(21)25)9-3-12-27(42)44-24-10-4-14-40(19-24)32(26)39-33/h1-3,6-8,11-12,17,23-24H,4-5,9-10,13-16,18-20H2/b12-3+/t23-,24-,34+/m1/s1. The van der Waals surface area contributed by atoms with Gasteiger partial charge in [-0.1, -0.05) is 42.5 Å². The van der Waals surface area contributed by atoms with Crippen LogP contribution in [0.25, 0.3) is 32.9 Å². The normalized spacial score (nSPS) is 26.0. The van der Waals surface area contributed by atoms with Crippen LogP contribution < -0.4 is 9.64 Å². The highest BCUT2D eigenvalue weighted by Crippen LogP contribution is 2.41. The van der Waals surface area contributed by atoms with E-state index in [0.717, 1.165) is 42.1 Å². The van der Waals surface area contributed by atoms with Crippen molar-refractivity contribution in [1.29, 1.82) is 0 Å². The fraction of sp³-hybridized carbons (Fsp3) is 0.412. The predicted molar refractivity (Wildman–Crippen MR) is 163 cm³/mol. The average Bonchev–Trinajstić information content (AvgIpc) is 3.55. The molecule has 8 nitrogen and oxygen atoms in total. The van der Waals surface area contributed by atoms with E-state index >= 15 is 4.39 Å². The Hall–Kier alpha value is -4.18. The molecule has 0 saturated carbocycles. The molecule has 6 bridgehead atoms. The number of fused-ring (bicyclic) bond motifs is 5. The number of piperidine rings is 1. The second kappa shape index (κ2) is 10.8. The lowest BCUT2D eigenvalue weighted by molar-refractivity contribution is -0.143. The number of anilines is 1. The van der Waals surface area contributed by atoms with Gasteiger partial charge < -0.3 is 14.4 Å². The molecule has 0 radical (unpaired) electrons. The molecule has 7 heterocycles. The molecule has 2 aromatic heterocycles. The molecule has 0 spiro atoms. The average molecular weight is 598 g/mol. The van der Waals surface area contributed by atoms with E-state index in [4.69, 9.17) is 14.5 Å². The second-order valence-electron chi connectivity index (χ2n) is 12.5. The van der Waals surface area contributed by atoms with E-state index in [0.29, 0.717) is 55.7 Å². The van der Waals surface area contributed by atoms with E-state index in [1.807, 2.05) is 41.3 Å². The van der Waals surface area contributed by atoms with Crippen LogP contribution in [0.5, 0.6) is 6.01 Å². The van der Waals surface area contributed by atoms with Gasteiger partial charge in [0.05, 0.1) is 17.5 Å². The molecular weight excluding hydrogens is 564 g/mol. The monoisotopic (exact) mass is 597 g/mol. The Morgan fingerprint density at radius 3 is 2.89 bits per heavy atom. The van der Waals surface area contributed by atoms with Crippen LogP contribution in [0, 0.1) is 5.82 Å².